The molecule has 34 heavy (non-hydrogen) atoms. The largest absolute Gasteiger partial charge is 0.383 e. The van der Waals surface area contributed by atoms with Gasteiger partial charge in [0.25, 0.3) is 0 Å². The van der Waals surface area contributed by atoms with Crippen molar-refractivity contribution in [2.24, 2.45) is 11.3 Å². The third-order valence-electron chi connectivity index (χ3n) is 7.12. The van der Waals surface area contributed by atoms with Crippen LogP contribution in [0, 0.1) is 17.2 Å². The molecule has 0 spiro atoms. The molecule has 0 bridgehead atoms. The topological polar surface area (TPSA) is 95.6 Å². The number of nitrogen functional groups attached to an aromatic ring is 2. The van der Waals surface area contributed by atoms with Crippen molar-refractivity contribution >= 4 is 45.2 Å². The van der Waals surface area contributed by atoms with Crippen molar-refractivity contribution in [2.75, 3.05) is 11.5 Å². The van der Waals surface area contributed by atoms with Crippen LogP contribution in [-0.4, -0.2) is 19.5 Å². The van der Waals surface area contributed by atoms with E-state index >= 15 is 0 Å². The van der Waals surface area contributed by atoms with Gasteiger partial charge in [0.15, 0.2) is 0 Å². The Labute approximate surface area is 202 Å². The molecule has 0 fully saturated rings. The highest BCUT2D eigenvalue weighted by Crippen LogP contribution is 2.51. The average Bonchev–Trinajstić information content (AvgIpc) is 3.32. The highest BCUT2D eigenvalue weighted by atomic mass is 35.5. The minimum absolute atomic E-state index is 0.0475. The van der Waals surface area contributed by atoms with Gasteiger partial charge in [-0.05, 0) is 48.1 Å². The zero-order valence-electron chi connectivity index (χ0n) is 19.1. The van der Waals surface area contributed by atoms with E-state index in [0.29, 0.717) is 23.1 Å². The summed E-state index contributed by atoms with van der Waals surface area (Å²) in [7, 11) is 0. The first-order valence-corrected chi connectivity index (χ1v) is 11.5. The standard InChI is InChI=1S/C26H26ClFN6/c1-4-18-22(34-8-7-16-23(29)31-13-32-25(16)34)11-15(26(18,2)3)6-5-14-9-20(28)17-12-19(27)24(30)33-21(17)10-14/h4,7-13,18,22H,1,5-6H2,2-3H3,(H2,30,33)(H2,29,31,32)/t18-,22+/m0/s1. The van der Waals surface area contributed by atoms with Gasteiger partial charge in [0.1, 0.15) is 29.4 Å². The fourth-order valence-electron chi connectivity index (χ4n) is 5.19. The Hall–Kier alpha value is -3.45. The van der Waals surface area contributed by atoms with Crippen LogP contribution in [0.25, 0.3) is 21.9 Å². The first-order valence-electron chi connectivity index (χ1n) is 11.2. The summed E-state index contributed by atoms with van der Waals surface area (Å²) in [4.78, 5) is 12.8. The number of pyridine rings is 1. The number of aryl methyl sites for hydroxylation is 1. The highest BCUT2D eigenvalue weighted by Gasteiger charge is 2.42. The lowest BCUT2D eigenvalue weighted by Gasteiger charge is -2.32. The zero-order valence-corrected chi connectivity index (χ0v) is 19.9. The molecule has 2 atom stereocenters. The number of fused-ring (bicyclic) bond motifs is 2. The summed E-state index contributed by atoms with van der Waals surface area (Å²) >= 11 is 6.02. The Kier molecular flexibility index (Phi) is 5.32. The van der Waals surface area contributed by atoms with Crippen LogP contribution >= 0.6 is 11.6 Å². The number of halogens is 2. The lowest BCUT2D eigenvalue weighted by Crippen LogP contribution is -2.25. The molecule has 8 heteroatoms. The molecule has 0 saturated heterocycles. The molecule has 0 saturated carbocycles. The van der Waals surface area contributed by atoms with Crippen LogP contribution in [-0.2, 0) is 6.42 Å². The molecule has 6 nitrogen and oxygen atoms in total. The van der Waals surface area contributed by atoms with Crippen LogP contribution in [0.2, 0.25) is 5.02 Å². The van der Waals surface area contributed by atoms with Gasteiger partial charge in [-0.2, -0.15) is 0 Å². The molecule has 0 radical (unpaired) electrons. The van der Waals surface area contributed by atoms with Crippen molar-refractivity contribution in [3.8, 4) is 0 Å². The molecule has 1 aliphatic rings. The fourth-order valence-corrected chi connectivity index (χ4v) is 5.34. The second kappa shape index (κ2) is 8.09. The number of nitrogens with two attached hydrogens (primary N) is 2. The van der Waals surface area contributed by atoms with E-state index in [0.717, 1.165) is 23.0 Å². The summed E-state index contributed by atoms with van der Waals surface area (Å²) in [6.45, 7) is 8.58. The van der Waals surface area contributed by atoms with E-state index in [1.54, 1.807) is 6.07 Å². The molecule has 1 aliphatic carbocycles. The third-order valence-corrected chi connectivity index (χ3v) is 7.43. The molecule has 4 aromatic rings. The molecular formula is C26H26ClFN6. The van der Waals surface area contributed by atoms with E-state index in [2.05, 4.69) is 46.0 Å². The number of hydrogen-bond acceptors (Lipinski definition) is 5. The van der Waals surface area contributed by atoms with Gasteiger partial charge in [0.2, 0.25) is 0 Å². The lowest BCUT2D eigenvalue weighted by atomic mass is 9.74. The van der Waals surface area contributed by atoms with Crippen molar-refractivity contribution in [3.05, 3.63) is 77.5 Å². The van der Waals surface area contributed by atoms with Gasteiger partial charge < -0.3 is 16.0 Å². The van der Waals surface area contributed by atoms with Gasteiger partial charge >= 0.3 is 0 Å². The van der Waals surface area contributed by atoms with Gasteiger partial charge in [-0.15, -0.1) is 6.58 Å². The van der Waals surface area contributed by atoms with Gasteiger partial charge in [-0.1, -0.05) is 43.2 Å². The summed E-state index contributed by atoms with van der Waals surface area (Å²) in [5.41, 5.74) is 15.2. The minimum atomic E-state index is -0.348. The second-order valence-electron chi connectivity index (χ2n) is 9.38. The van der Waals surface area contributed by atoms with E-state index in [1.165, 1.54) is 18.0 Å². The van der Waals surface area contributed by atoms with Crippen molar-refractivity contribution in [2.45, 2.75) is 32.7 Å². The Balaban J connectivity index is 1.48. The number of allylic oxidation sites excluding steroid dienone is 3. The number of hydrogen-bond donors (Lipinski definition) is 2. The molecule has 5 rings (SSSR count). The number of rotatable bonds is 5. The Morgan fingerprint density at radius 3 is 2.71 bits per heavy atom. The van der Waals surface area contributed by atoms with Crippen LogP contribution < -0.4 is 11.5 Å². The van der Waals surface area contributed by atoms with Crippen LogP contribution in [0.1, 0.15) is 31.9 Å². The van der Waals surface area contributed by atoms with Crippen molar-refractivity contribution in [3.63, 3.8) is 0 Å². The predicted molar refractivity (Wildman–Crippen MR) is 136 cm³/mol. The van der Waals surface area contributed by atoms with Crippen LogP contribution in [0.3, 0.4) is 0 Å². The van der Waals surface area contributed by atoms with E-state index < -0.39 is 0 Å². The normalized spacial score (nSPS) is 19.6. The molecule has 0 amide bonds. The molecule has 3 heterocycles. The maximum Gasteiger partial charge on any atom is 0.146 e. The second-order valence-corrected chi connectivity index (χ2v) is 9.79. The van der Waals surface area contributed by atoms with Crippen molar-refractivity contribution in [1.29, 1.82) is 0 Å². The first kappa shape index (κ1) is 22.3. The summed E-state index contributed by atoms with van der Waals surface area (Å²) in [5.74, 6) is 0.477. The van der Waals surface area contributed by atoms with E-state index in [1.807, 2.05) is 24.4 Å². The molecule has 4 N–H and O–H groups in total. The van der Waals surface area contributed by atoms with Gasteiger partial charge in [-0.3, -0.25) is 0 Å². The number of benzene rings is 1. The molecular weight excluding hydrogens is 451 g/mol. The molecule has 0 aliphatic heterocycles. The van der Waals surface area contributed by atoms with Crippen molar-refractivity contribution in [1.82, 2.24) is 19.5 Å². The minimum Gasteiger partial charge on any atom is -0.383 e. The van der Waals surface area contributed by atoms with Gasteiger partial charge in [0, 0.05) is 17.5 Å². The van der Waals surface area contributed by atoms with Crippen LogP contribution in [0.4, 0.5) is 16.0 Å². The van der Waals surface area contributed by atoms with Crippen LogP contribution in [0.15, 0.2) is 61.1 Å². The molecule has 3 aromatic heterocycles. The lowest BCUT2D eigenvalue weighted by molar-refractivity contribution is 0.290. The number of nitrogens with zero attached hydrogens (tertiary/aromatic N) is 4. The highest BCUT2D eigenvalue weighted by molar-refractivity contribution is 6.33. The average molecular weight is 477 g/mol. The molecule has 1 aromatic carbocycles. The van der Waals surface area contributed by atoms with E-state index in [4.69, 9.17) is 23.1 Å². The number of anilines is 2. The summed E-state index contributed by atoms with van der Waals surface area (Å²) in [6.07, 6.45) is 9.24. The molecule has 0 unspecified atom stereocenters. The predicted octanol–water partition coefficient (Wildman–Crippen LogP) is 5.88. The Bertz CT molecular complexity index is 1470. The maximum absolute atomic E-state index is 14.8. The summed E-state index contributed by atoms with van der Waals surface area (Å²) in [6, 6.07) is 6.96. The fraction of sp³-hybridized carbons (Fsp3) is 0.269. The summed E-state index contributed by atoms with van der Waals surface area (Å²) < 4.78 is 16.9. The van der Waals surface area contributed by atoms with E-state index in [9.17, 15) is 4.39 Å². The zero-order chi connectivity index (χ0) is 24.2. The summed E-state index contributed by atoms with van der Waals surface area (Å²) in [5, 5.41) is 1.46. The number of aromatic nitrogens is 4. The Morgan fingerprint density at radius 2 is 1.94 bits per heavy atom. The molecule has 174 valence electrons. The smallest absolute Gasteiger partial charge is 0.146 e. The third kappa shape index (κ3) is 3.51. The quantitative estimate of drug-likeness (QED) is 0.351. The monoisotopic (exact) mass is 476 g/mol. The first-order chi connectivity index (χ1) is 16.2. The van der Waals surface area contributed by atoms with Gasteiger partial charge in [0.05, 0.1) is 22.0 Å². The van der Waals surface area contributed by atoms with Gasteiger partial charge in [-0.25, -0.2) is 19.3 Å². The van der Waals surface area contributed by atoms with Crippen molar-refractivity contribution < 1.29 is 4.39 Å². The SMILES string of the molecule is C=C[C@H]1[C@H](n2ccc3c(N)ncnc32)C=C(CCc2cc(F)c3cc(Cl)c(N)nc3c2)C1(C)C. The van der Waals surface area contributed by atoms with Crippen LogP contribution in [0.5, 0.6) is 0 Å². The van der Waals surface area contributed by atoms with E-state index in [-0.39, 0.29) is 34.0 Å². The maximum atomic E-state index is 14.8. The Morgan fingerprint density at radius 1 is 1.15 bits per heavy atom.